The predicted octanol–water partition coefficient (Wildman–Crippen LogP) is 3.23. The number of para-hydroxylation sites is 2. The molecule has 2 heterocycles. The summed E-state index contributed by atoms with van der Waals surface area (Å²) in [5.41, 5.74) is 10.1. The number of hydrogen-bond donors (Lipinski definition) is 1. The Morgan fingerprint density at radius 1 is 1.12 bits per heavy atom. The fraction of sp³-hybridized carbons (Fsp3) is 0.0526. The van der Waals surface area contributed by atoms with Gasteiger partial charge in [0.1, 0.15) is 23.0 Å². The molecule has 6 nitrogen and oxygen atoms in total. The third-order valence-electron chi connectivity index (χ3n) is 4.12. The first kappa shape index (κ1) is 14.8. The zero-order valence-corrected chi connectivity index (χ0v) is 13.4. The monoisotopic (exact) mass is 327 g/mol. The van der Waals surface area contributed by atoms with Gasteiger partial charge >= 0.3 is 0 Å². The van der Waals surface area contributed by atoms with Gasteiger partial charge < -0.3 is 5.73 Å². The number of carbonyl (C=O) groups is 1. The number of nitrogen functional groups attached to an aromatic ring is 1. The normalized spacial score (nSPS) is 10.9. The molecular weight excluding hydrogens is 314 g/mol. The summed E-state index contributed by atoms with van der Waals surface area (Å²) in [6, 6.07) is 16.6. The van der Waals surface area contributed by atoms with Crippen molar-refractivity contribution in [3.63, 3.8) is 0 Å². The van der Waals surface area contributed by atoms with Gasteiger partial charge in [-0.3, -0.25) is 9.36 Å². The molecule has 0 aliphatic carbocycles. The van der Waals surface area contributed by atoms with Crippen molar-refractivity contribution in [2.75, 3.05) is 5.73 Å². The van der Waals surface area contributed by atoms with E-state index in [1.165, 1.54) is 6.92 Å². The molecule has 0 saturated heterocycles. The Labute approximate surface area is 143 Å². The molecule has 0 aliphatic rings. The molecule has 6 heteroatoms. The maximum Gasteiger partial charge on any atom is 0.167 e. The van der Waals surface area contributed by atoms with E-state index in [1.807, 2.05) is 30.3 Å². The number of nitrogens with two attached hydrogens (primary N) is 1. The Kier molecular flexibility index (Phi) is 3.22. The second-order valence-corrected chi connectivity index (χ2v) is 5.70. The van der Waals surface area contributed by atoms with Gasteiger partial charge in [0, 0.05) is 11.3 Å². The van der Waals surface area contributed by atoms with Gasteiger partial charge in [-0.05, 0) is 31.2 Å². The van der Waals surface area contributed by atoms with E-state index < -0.39 is 0 Å². The molecular formula is C19H13N5O. The molecule has 0 saturated carbocycles. The van der Waals surface area contributed by atoms with Crippen molar-refractivity contribution in [3.05, 3.63) is 59.7 Å². The number of Topliss-reactive ketones (excluding diaryl/α,β-unsaturated/α-hetero) is 1. The van der Waals surface area contributed by atoms with E-state index in [0.29, 0.717) is 33.4 Å². The van der Waals surface area contributed by atoms with Crippen molar-refractivity contribution < 1.29 is 4.79 Å². The second kappa shape index (κ2) is 5.42. The third-order valence-corrected chi connectivity index (χ3v) is 4.12. The number of benzene rings is 2. The Morgan fingerprint density at radius 2 is 1.84 bits per heavy atom. The van der Waals surface area contributed by atoms with Crippen molar-refractivity contribution in [1.82, 2.24) is 14.5 Å². The number of anilines is 1. The molecule has 2 aromatic carbocycles. The number of ketones is 1. The number of carbonyl (C=O) groups excluding carboxylic acids is 1. The van der Waals surface area contributed by atoms with E-state index in [0.717, 1.165) is 0 Å². The molecule has 2 aromatic heterocycles. The van der Waals surface area contributed by atoms with Gasteiger partial charge in [-0.2, -0.15) is 5.26 Å². The van der Waals surface area contributed by atoms with E-state index in [2.05, 4.69) is 16.0 Å². The van der Waals surface area contributed by atoms with E-state index in [9.17, 15) is 10.1 Å². The number of hydrogen-bond acceptors (Lipinski definition) is 5. The summed E-state index contributed by atoms with van der Waals surface area (Å²) in [7, 11) is 0. The van der Waals surface area contributed by atoms with Gasteiger partial charge in [0.25, 0.3) is 0 Å². The highest BCUT2D eigenvalue weighted by atomic mass is 16.1. The maximum atomic E-state index is 11.7. The van der Waals surface area contributed by atoms with Crippen LogP contribution in [-0.4, -0.2) is 20.3 Å². The average molecular weight is 327 g/mol. The molecule has 4 aromatic rings. The lowest BCUT2D eigenvalue weighted by Gasteiger charge is -2.08. The van der Waals surface area contributed by atoms with Gasteiger partial charge in [-0.1, -0.05) is 24.3 Å². The quantitative estimate of drug-likeness (QED) is 0.570. The van der Waals surface area contributed by atoms with Crippen LogP contribution in [0.15, 0.2) is 48.5 Å². The molecule has 0 atom stereocenters. The van der Waals surface area contributed by atoms with E-state index in [4.69, 9.17) is 5.73 Å². The summed E-state index contributed by atoms with van der Waals surface area (Å²) in [5.74, 6) is 0.211. The summed E-state index contributed by atoms with van der Waals surface area (Å²) in [5, 5.41) is 9.53. The third kappa shape index (κ3) is 2.22. The summed E-state index contributed by atoms with van der Waals surface area (Å²) < 4.78 is 1.67. The van der Waals surface area contributed by atoms with Crippen molar-refractivity contribution in [3.8, 4) is 11.8 Å². The average Bonchev–Trinajstić information content (AvgIpc) is 2.90. The highest BCUT2D eigenvalue weighted by Crippen LogP contribution is 2.30. The maximum absolute atomic E-state index is 11.7. The van der Waals surface area contributed by atoms with E-state index >= 15 is 0 Å². The summed E-state index contributed by atoms with van der Waals surface area (Å²) in [6.07, 6.45) is 0. The molecule has 4 rings (SSSR count). The van der Waals surface area contributed by atoms with Crippen LogP contribution in [-0.2, 0) is 0 Å². The minimum atomic E-state index is -0.0473. The standard InChI is InChI=1S/C19H13N5O/c1-11(25)12-5-4-6-13(9-12)24-18(21)14(10-20)17-19(24)23-16-8-3-2-7-15(16)22-17/h2-9H,21H2,1H3. The van der Waals surface area contributed by atoms with Gasteiger partial charge in [0.2, 0.25) is 0 Å². The molecule has 0 unspecified atom stereocenters. The highest BCUT2D eigenvalue weighted by molar-refractivity contribution is 5.96. The van der Waals surface area contributed by atoms with E-state index in [-0.39, 0.29) is 17.2 Å². The first-order valence-electron chi connectivity index (χ1n) is 7.68. The lowest BCUT2D eigenvalue weighted by molar-refractivity contribution is 0.101. The lowest BCUT2D eigenvalue weighted by Crippen LogP contribution is -2.03. The molecule has 0 spiro atoms. The topological polar surface area (TPSA) is 97.6 Å². The summed E-state index contributed by atoms with van der Waals surface area (Å²) in [6.45, 7) is 1.50. The van der Waals surface area contributed by atoms with Crippen LogP contribution in [0.3, 0.4) is 0 Å². The van der Waals surface area contributed by atoms with Crippen LogP contribution >= 0.6 is 0 Å². The van der Waals surface area contributed by atoms with Crippen LogP contribution in [0, 0.1) is 11.3 Å². The molecule has 0 bridgehead atoms. The fourth-order valence-electron chi connectivity index (χ4n) is 2.90. The Balaban J connectivity index is 2.12. The van der Waals surface area contributed by atoms with Crippen molar-refractivity contribution in [2.45, 2.75) is 6.92 Å². The molecule has 0 radical (unpaired) electrons. The smallest absolute Gasteiger partial charge is 0.167 e. The van der Waals surface area contributed by atoms with Crippen molar-refractivity contribution in [2.24, 2.45) is 0 Å². The van der Waals surface area contributed by atoms with Crippen LogP contribution in [0.4, 0.5) is 5.82 Å². The Hall–Kier alpha value is -3.72. The minimum absolute atomic E-state index is 0.0473. The van der Waals surface area contributed by atoms with Crippen molar-refractivity contribution in [1.29, 1.82) is 5.26 Å². The largest absolute Gasteiger partial charge is 0.384 e. The lowest BCUT2D eigenvalue weighted by atomic mass is 10.1. The number of aromatic nitrogens is 3. The molecule has 25 heavy (non-hydrogen) atoms. The van der Waals surface area contributed by atoms with Gasteiger partial charge in [-0.25, -0.2) is 9.97 Å². The molecule has 0 fully saturated rings. The number of rotatable bonds is 2. The number of nitrogens with zero attached hydrogens (tertiary/aromatic N) is 4. The van der Waals surface area contributed by atoms with Crippen LogP contribution in [0.5, 0.6) is 0 Å². The molecule has 0 aliphatic heterocycles. The Morgan fingerprint density at radius 3 is 2.52 bits per heavy atom. The fourth-order valence-corrected chi connectivity index (χ4v) is 2.90. The molecule has 2 N–H and O–H groups in total. The zero-order valence-electron chi connectivity index (χ0n) is 13.4. The number of nitriles is 1. The van der Waals surface area contributed by atoms with Crippen LogP contribution in [0.1, 0.15) is 22.8 Å². The summed E-state index contributed by atoms with van der Waals surface area (Å²) in [4.78, 5) is 20.9. The summed E-state index contributed by atoms with van der Waals surface area (Å²) >= 11 is 0. The molecule has 120 valence electrons. The van der Waals surface area contributed by atoms with Crippen LogP contribution in [0.25, 0.3) is 27.9 Å². The second-order valence-electron chi connectivity index (χ2n) is 5.70. The first-order valence-corrected chi connectivity index (χ1v) is 7.68. The predicted molar refractivity (Wildman–Crippen MR) is 95.5 cm³/mol. The van der Waals surface area contributed by atoms with Crippen molar-refractivity contribution >= 4 is 33.8 Å². The van der Waals surface area contributed by atoms with Crippen LogP contribution < -0.4 is 5.73 Å². The number of fused-ring (bicyclic) bond motifs is 2. The SMILES string of the molecule is CC(=O)c1cccc(-n2c(N)c(C#N)c3nc4ccccc4nc32)c1. The molecule has 0 amide bonds. The van der Waals surface area contributed by atoms with E-state index in [1.54, 1.807) is 22.8 Å². The van der Waals surface area contributed by atoms with Gasteiger partial charge in [-0.15, -0.1) is 0 Å². The van der Waals surface area contributed by atoms with Crippen LogP contribution in [0.2, 0.25) is 0 Å². The van der Waals surface area contributed by atoms with Gasteiger partial charge in [0.05, 0.1) is 11.0 Å². The first-order chi connectivity index (χ1) is 12.1. The van der Waals surface area contributed by atoms with Gasteiger partial charge in [0.15, 0.2) is 11.4 Å². The minimum Gasteiger partial charge on any atom is -0.384 e. The Bertz CT molecular complexity index is 1200. The highest BCUT2D eigenvalue weighted by Gasteiger charge is 2.20. The zero-order chi connectivity index (χ0) is 17.6.